The number of benzene rings is 1. The molecule has 0 aliphatic carbocycles. The summed E-state index contributed by atoms with van der Waals surface area (Å²) >= 11 is 0. The van der Waals surface area contributed by atoms with E-state index in [4.69, 9.17) is 29.0 Å². The van der Waals surface area contributed by atoms with Crippen molar-refractivity contribution in [3.63, 3.8) is 0 Å². The lowest BCUT2D eigenvalue weighted by Crippen LogP contribution is -1.99. The Kier molecular flexibility index (Phi) is 14.8. The molecule has 0 amide bonds. The Balaban J connectivity index is 0.00000201. The Morgan fingerprint density at radius 3 is 2.00 bits per heavy atom. The minimum Gasteiger partial charge on any atom is -0.493 e. The number of fused-ring (bicyclic) bond motifs is 1. The summed E-state index contributed by atoms with van der Waals surface area (Å²) in [7, 11) is 7.41. The molecule has 0 atom stereocenters. The third-order valence-electron chi connectivity index (χ3n) is 4.48. The lowest BCUT2D eigenvalue weighted by Gasteiger charge is -2.15. The molecule has 0 saturated carbocycles. The SMILES string of the molecule is C=C(OC)/C(=C\C(=C/C)c1ncc2cc(OC)c(OC)cc2c1C=C(C)C)OC.CCC.CO. The van der Waals surface area contributed by atoms with E-state index in [9.17, 15) is 0 Å². The largest absolute Gasteiger partial charge is 0.493 e. The highest BCUT2D eigenvalue weighted by Gasteiger charge is 2.15. The van der Waals surface area contributed by atoms with Crippen LogP contribution in [0.1, 0.15) is 52.3 Å². The van der Waals surface area contributed by atoms with E-state index >= 15 is 0 Å². The number of aliphatic hydroxyl groups excluding tert-OH is 1. The molecule has 188 valence electrons. The molecule has 0 bridgehead atoms. The third-order valence-corrected chi connectivity index (χ3v) is 4.48. The summed E-state index contributed by atoms with van der Waals surface area (Å²) in [6, 6.07) is 3.92. The summed E-state index contributed by atoms with van der Waals surface area (Å²) in [5.41, 5.74) is 3.87. The number of hydrogen-bond donors (Lipinski definition) is 1. The molecule has 1 heterocycles. The molecule has 0 radical (unpaired) electrons. The van der Waals surface area contributed by atoms with Gasteiger partial charge in [-0.1, -0.05) is 44.6 Å². The Labute approximate surface area is 205 Å². The van der Waals surface area contributed by atoms with Crippen LogP contribution in [0.4, 0.5) is 0 Å². The van der Waals surface area contributed by atoms with E-state index in [0.29, 0.717) is 23.0 Å². The topological polar surface area (TPSA) is 70.0 Å². The Morgan fingerprint density at radius 1 is 1.00 bits per heavy atom. The predicted octanol–water partition coefficient (Wildman–Crippen LogP) is 6.79. The lowest BCUT2D eigenvalue weighted by molar-refractivity contribution is 0.222. The number of ether oxygens (including phenoxy) is 4. The average molecular weight is 472 g/mol. The Bertz CT molecular complexity index is 1020. The van der Waals surface area contributed by atoms with Gasteiger partial charge in [-0.3, -0.25) is 4.98 Å². The number of aliphatic hydroxyl groups is 1. The van der Waals surface area contributed by atoms with Gasteiger partial charge in [0.2, 0.25) is 0 Å². The highest BCUT2D eigenvalue weighted by molar-refractivity contribution is 5.97. The van der Waals surface area contributed by atoms with E-state index in [1.807, 2.05) is 37.4 Å². The van der Waals surface area contributed by atoms with Crippen LogP contribution in [-0.2, 0) is 9.47 Å². The van der Waals surface area contributed by atoms with Gasteiger partial charge in [0, 0.05) is 29.8 Å². The van der Waals surface area contributed by atoms with Crippen molar-refractivity contribution in [2.24, 2.45) is 0 Å². The molecule has 2 aromatic rings. The fourth-order valence-electron chi connectivity index (χ4n) is 3.01. The monoisotopic (exact) mass is 471 g/mol. The molecule has 1 aromatic heterocycles. The van der Waals surface area contributed by atoms with Crippen LogP contribution in [0.25, 0.3) is 22.4 Å². The van der Waals surface area contributed by atoms with Crippen LogP contribution in [0.15, 0.2) is 54.2 Å². The Hall–Kier alpha value is -3.25. The molecule has 0 aliphatic rings. The summed E-state index contributed by atoms with van der Waals surface area (Å²) in [6.45, 7) is 14.2. The molecular weight excluding hydrogens is 430 g/mol. The minimum atomic E-state index is 0.447. The number of nitrogens with zero attached hydrogens (tertiary/aromatic N) is 1. The van der Waals surface area contributed by atoms with E-state index in [1.54, 1.807) is 28.4 Å². The standard InChI is InChI=1S/C24H29NO4.C3H8.CH4O/c1-9-17(11-21(27-6)16(4)26-5)24-20(10-15(2)3)19-13-23(29-8)22(28-7)12-18(19)14-25-24;1-3-2;1-2/h9-14H,4H2,1-3,5-8H3;3H2,1-2H3;2H,1H3/b17-9+,21-11+;;. The molecular formula is C28H41NO5. The lowest BCUT2D eigenvalue weighted by atomic mass is 9.97. The fourth-order valence-corrected chi connectivity index (χ4v) is 3.01. The maximum Gasteiger partial charge on any atom is 0.161 e. The van der Waals surface area contributed by atoms with Crippen molar-refractivity contribution >= 4 is 22.4 Å². The van der Waals surface area contributed by atoms with Crippen LogP contribution < -0.4 is 9.47 Å². The number of pyridine rings is 1. The van der Waals surface area contributed by atoms with Gasteiger partial charge in [-0.05, 0) is 44.4 Å². The zero-order valence-corrected chi connectivity index (χ0v) is 22.4. The van der Waals surface area contributed by atoms with E-state index in [1.165, 1.54) is 6.42 Å². The second-order valence-corrected chi connectivity index (χ2v) is 7.33. The van der Waals surface area contributed by atoms with Gasteiger partial charge in [-0.2, -0.15) is 0 Å². The van der Waals surface area contributed by atoms with Crippen molar-refractivity contribution in [2.45, 2.75) is 41.0 Å². The van der Waals surface area contributed by atoms with Crippen LogP contribution in [0.5, 0.6) is 11.5 Å². The second kappa shape index (κ2) is 16.4. The van der Waals surface area contributed by atoms with Crippen molar-refractivity contribution < 1.29 is 24.1 Å². The normalized spacial score (nSPS) is 10.8. The maximum absolute atomic E-state index is 7.00. The summed E-state index contributed by atoms with van der Waals surface area (Å²) in [5.74, 6) is 2.33. The van der Waals surface area contributed by atoms with Crippen LogP contribution >= 0.6 is 0 Å². The minimum absolute atomic E-state index is 0.447. The fraction of sp³-hybridized carbons (Fsp3) is 0.393. The van der Waals surface area contributed by atoms with Crippen molar-refractivity contribution in [3.8, 4) is 11.5 Å². The highest BCUT2D eigenvalue weighted by Crippen LogP contribution is 2.36. The molecule has 2 rings (SSSR count). The van der Waals surface area contributed by atoms with Crippen molar-refractivity contribution in [1.82, 2.24) is 4.98 Å². The van der Waals surface area contributed by atoms with E-state index < -0.39 is 0 Å². The first kappa shape index (κ1) is 30.8. The number of allylic oxidation sites excluding steroid dienone is 4. The van der Waals surface area contributed by atoms with E-state index in [0.717, 1.165) is 40.3 Å². The molecule has 0 unspecified atom stereocenters. The first-order valence-electron chi connectivity index (χ1n) is 11.1. The van der Waals surface area contributed by atoms with E-state index in [-0.39, 0.29) is 0 Å². The van der Waals surface area contributed by atoms with Gasteiger partial charge >= 0.3 is 0 Å². The van der Waals surface area contributed by atoms with Gasteiger partial charge in [-0.25, -0.2) is 0 Å². The van der Waals surface area contributed by atoms with Gasteiger partial charge in [0.05, 0.1) is 34.1 Å². The zero-order chi connectivity index (χ0) is 26.3. The number of methoxy groups -OCH3 is 4. The Morgan fingerprint density at radius 2 is 1.56 bits per heavy atom. The molecule has 0 spiro atoms. The van der Waals surface area contributed by atoms with Crippen molar-refractivity contribution in [2.75, 3.05) is 35.5 Å². The van der Waals surface area contributed by atoms with Crippen LogP contribution in [0, 0.1) is 0 Å². The summed E-state index contributed by atoms with van der Waals surface area (Å²) in [4.78, 5) is 4.75. The van der Waals surface area contributed by atoms with Crippen LogP contribution in [0.3, 0.4) is 0 Å². The van der Waals surface area contributed by atoms with Gasteiger partial charge in [0.25, 0.3) is 0 Å². The van der Waals surface area contributed by atoms with Gasteiger partial charge in [0.15, 0.2) is 23.0 Å². The average Bonchev–Trinajstić information content (AvgIpc) is 2.85. The van der Waals surface area contributed by atoms with Crippen LogP contribution in [0.2, 0.25) is 0 Å². The molecule has 1 aromatic carbocycles. The predicted molar refractivity (Wildman–Crippen MR) is 143 cm³/mol. The zero-order valence-electron chi connectivity index (χ0n) is 22.4. The highest BCUT2D eigenvalue weighted by atomic mass is 16.5. The molecule has 6 heteroatoms. The molecule has 0 aliphatic heterocycles. The first-order valence-corrected chi connectivity index (χ1v) is 11.1. The smallest absolute Gasteiger partial charge is 0.161 e. The molecule has 34 heavy (non-hydrogen) atoms. The quantitative estimate of drug-likeness (QED) is 0.337. The number of aromatic nitrogens is 1. The molecule has 6 nitrogen and oxygen atoms in total. The second-order valence-electron chi connectivity index (χ2n) is 7.33. The molecule has 1 N–H and O–H groups in total. The van der Waals surface area contributed by atoms with Gasteiger partial charge < -0.3 is 24.1 Å². The summed E-state index contributed by atoms with van der Waals surface area (Å²) < 4.78 is 21.6. The van der Waals surface area contributed by atoms with Crippen LogP contribution in [-0.4, -0.2) is 45.6 Å². The van der Waals surface area contributed by atoms with Gasteiger partial charge in [0.1, 0.15) is 0 Å². The third kappa shape index (κ3) is 8.27. The molecule has 0 saturated heterocycles. The summed E-state index contributed by atoms with van der Waals surface area (Å²) in [5, 5.41) is 8.98. The summed E-state index contributed by atoms with van der Waals surface area (Å²) in [6.07, 6.45) is 9.07. The number of hydrogen-bond acceptors (Lipinski definition) is 6. The van der Waals surface area contributed by atoms with E-state index in [2.05, 4.69) is 40.3 Å². The van der Waals surface area contributed by atoms with Crippen molar-refractivity contribution in [3.05, 3.63) is 65.4 Å². The first-order chi connectivity index (χ1) is 16.3. The molecule has 0 fully saturated rings. The maximum atomic E-state index is 7.00. The number of rotatable bonds is 8. The van der Waals surface area contributed by atoms with Gasteiger partial charge in [-0.15, -0.1) is 0 Å². The van der Waals surface area contributed by atoms with Crippen molar-refractivity contribution in [1.29, 1.82) is 0 Å².